The Hall–Kier alpha value is -1.99. The number of nitriles is 1. The molecule has 0 aliphatic carbocycles. The fourth-order valence-corrected chi connectivity index (χ4v) is 1.58. The highest BCUT2D eigenvalue weighted by Crippen LogP contribution is 2.21. The summed E-state index contributed by atoms with van der Waals surface area (Å²) in [4.78, 5) is 6.85. The van der Waals surface area contributed by atoms with Gasteiger partial charge in [-0.15, -0.1) is 0 Å². The molecular formula is C11H7N3S. The van der Waals surface area contributed by atoms with Crippen LogP contribution in [0.3, 0.4) is 0 Å². The van der Waals surface area contributed by atoms with Gasteiger partial charge in [0.1, 0.15) is 10.7 Å². The van der Waals surface area contributed by atoms with Gasteiger partial charge in [0.05, 0.1) is 5.56 Å². The van der Waals surface area contributed by atoms with Crippen LogP contribution in [0.5, 0.6) is 0 Å². The minimum Gasteiger partial charge on any atom is -0.352 e. The van der Waals surface area contributed by atoms with Crippen molar-refractivity contribution in [1.29, 1.82) is 5.26 Å². The number of H-pyrrole nitrogens is 1. The number of nitrogens with zero attached hydrogens (tertiary/aromatic N) is 2. The van der Waals surface area contributed by atoms with Crippen LogP contribution in [0.1, 0.15) is 5.56 Å². The summed E-state index contributed by atoms with van der Waals surface area (Å²) in [6.45, 7) is 0. The highest BCUT2D eigenvalue weighted by molar-refractivity contribution is 7.71. The lowest BCUT2D eigenvalue weighted by Gasteiger charge is -2.02. The Morgan fingerprint density at radius 2 is 2.27 bits per heavy atom. The third kappa shape index (κ3) is 1.78. The van der Waals surface area contributed by atoms with Gasteiger partial charge in [0.15, 0.2) is 0 Å². The van der Waals surface area contributed by atoms with Crippen LogP contribution in [0, 0.1) is 16.0 Å². The van der Waals surface area contributed by atoms with Gasteiger partial charge in [0, 0.05) is 29.7 Å². The lowest BCUT2D eigenvalue weighted by molar-refractivity contribution is 1.26. The van der Waals surface area contributed by atoms with Crippen molar-refractivity contribution in [2.24, 2.45) is 0 Å². The molecule has 0 aliphatic rings. The Bertz CT molecular complexity index is 566. The standard InChI is InChI=1S/C11H7N3S/c12-6-10-9(3-5-14-11(10)15)8-2-1-4-13-7-8/h1-5,7H,(H,14,15). The first kappa shape index (κ1) is 9.56. The van der Waals surface area contributed by atoms with Gasteiger partial charge in [-0.1, -0.05) is 18.3 Å². The van der Waals surface area contributed by atoms with E-state index in [1.807, 2.05) is 18.2 Å². The Balaban J connectivity index is 2.70. The molecule has 0 bridgehead atoms. The molecule has 3 nitrogen and oxygen atoms in total. The zero-order valence-electron chi connectivity index (χ0n) is 7.77. The van der Waals surface area contributed by atoms with Crippen LogP contribution in [0.25, 0.3) is 11.1 Å². The van der Waals surface area contributed by atoms with Gasteiger partial charge in [-0.3, -0.25) is 4.98 Å². The predicted molar refractivity (Wildman–Crippen MR) is 59.6 cm³/mol. The molecule has 0 unspecified atom stereocenters. The van der Waals surface area contributed by atoms with Gasteiger partial charge < -0.3 is 4.98 Å². The highest BCUT2D eigenvalue weighted by Gasteiger charge is 2.05. The van der Waals surface area contributed by atoms with E-state index >= 15 is 0 Å². The third-order valence-corrected chi connectivity index (χ3v) is 2.37. The van der Waals surface area contributed by atoms with E-state index in [0.29, 0.717) is 10.2 Å². The Kier molecular flexibility index (Phi) is 2.57. The fraction of sp³-hybridized carbons (Fsp3) is 0. The molecule has 0 aromatic carbocycles. The molecule has 0 atom stereocenters. The van der Waals surface area contributed by atoms with E-state index in [0.717, 1.165) is 11.1 Å². The van der Waals surface area contributed by atoms with Crippen LogP contribution < -0.4 is 0 Å². The molecule has 4 heteroatoms. The number of rotatable bonds is 1. The lowest BCUT2D eigenvalue weighted by atomic mass is 10.0. The summed E-state index contributed by atoms with van der Waals surface area (Å²) in [6.07, 6.45) is 5.13. The molecule has 0 saturated carbocycles. The summed E-state index contributed by atoms with van der Waals surface area (Å²) in [5.41, 5.74) is 2.20. The maximum Gasteiger partial charge on any atom is 0.121 e. The number of aromatic nitrogens is 2. The molecule has 0 spiro atoms. The summed E-state index contributed by atoms with van der Waals surface area (Å²) in [5.74, 6) is 0. The normalized spacial score (nSPS) is 9.53. The molecule has 2 heterocycles. The number of hydrogen-bond donors (Lipinski definition) is 1. The fourth-order valence-electron chi connectivity index (χ4n) is 1.35. The minimum atomic E-state index is 0.457. The summed E-state index contributed by atoms with van der Waals surface area (Å²) in [7, 11) is 0. The Morgan fingerprint density at radius 1 is 1.40 bits per heavy atom. The monoisotopic (exact) mass is 213 g/mol. The van der Waals surface area contributed by atoms with Crippen LogP contribution in [-0.2, 0) is 0 Å². The number of aromatic amines is 1. The van der Waals surface area contributed by atoms with E-state index in [9.17, 15) is 0 Å². The molecule has 0 fully saturated rings. The van der Waals surface area contributed by atoms with Crippen LogP contribution >= 0.6 is 12.2 Å². The van der Waals surface area contributed by atoms with Crippen molar-refractivity contribution in [3.8, 4) is 17.2 Å². The van der Waals surface area contributed by atoms with Crippen LogP contribution in [0.2, 0.25) is 0 Å². The number of pyridine rings is 2. The first-order valence-corrected chi connectivity index (χ1v) is 4.76. The maximum atomic E-state index is 9.00. The molecule has 2 aromatic heterocycles. The lowest BCUT2D eigenvalue weighted by Crippen LogP contribution is -1.88. The van der Waals surface area contributed by atoms with Crippen molar-refractivity contribution < 1.29 is 0 Å². The van der Waals surface area contributed by atoms with E-state index < -0.39 is 0 Å². The average molecular weight is 213 g/mol. The SMILES string of the molecule is N#Cc1c(-c2cccnc2)cc[nH]c1=S. The van der Waals surface area contributed by atoms with Gasteiger partial charge in [-0.25, -0.2) is 0 Å². The van der Waals surface area contributed by atoms with E-state index in [1.54, 1.807) is 18.6 Å². The summed E-state index contributed by atoms with van der Waals surface area (Å²) < 4.78 is 0.457. The maximum absolute atomic E-state index is 9.00. The second kappa shape index (κ2) is 4.03. The van der Waals surface area contributed by atoms with Crippen LogP contribution in [0.4, 0.5) is 0 Å². The molecule has 15 heavy (non-hydrogen) atoms. The van der Waals surface area contributed by atoms with Gasteiger partial charge in [-0.05, 0) is 12.1 Å². The second-order valence-corrected chi connectivity index (χ2v) is 3.36. The first-order chi connectivity index (χ1) is 7.33. The van der Waals surface area contributed by atoms with Crippen molar-refractivity contribution in [2.75, 3.05) is 0 Å². The quantitative estimate of drug-likeness (QED) is 0.741. The summed E-state index contributed by atoms with van der Waals surface area (Å²) in [5, 5.41) is 9.00. The zero-order chi connectivity index (χ0) is 10.7. The van der Waals surface area contributed by atoms with Crippen molar-refractivity contribution in [3.05, 3.63) is 47.0 Å². The average Bonchev–Trinajstić information content (AvgIpc) is 2.30. The molecule has 0 aliphatic heterocycles. The molecule has 2 rings (SSSR count). The van der Waals surface area contributed by atoms with Crippen LogP contribution in [0.15, 0.2) is 36.8 Å². The van der Waals surface area contributed by atoms with E-state index in [-0.39, 0.29) is 0 Å². The molecule has 1 N–H and O–H groups in total. The van der Waals surface area contributed by atoms with Gasteiger partial charge in [-0.2, -0.15) is 5.26 Å². The summed E-state index contributed by atoms with van der Waals surface area (Å²) in [6, 6.07) is 7.65. The molecule has 72 valence electrons. The van der Waals surface area contributed by atoms with Crippen molar-refractivity contribution in [1.82, 2.24) is 9.97 Å². The number of hydrogen-bond acceptors (Lipinski definition) is 3. The Morgan fingerprint density at radius 3 is 2.93 bits per heavy atom. The minimum absolute atomic E-state index is 0.457. The van der Waals surface area contributed by atoms with Gasteiger partial charge >= 0.3 is 0 Å². The van der Waals surface area contributed by atoms with Gasteiger partial charge in [0.25, 0.3) is 0 Å². The van der Waals surface area contributed by atoms with Crippen molar-refractivity contribution in [3.63, 3.8) is 0 Å². The van der Waals surface area contributed by atoms with Crippen molar-refractivity contribution >= 4 is 12.2 Å². The molecule has 2 aromatic rings. The predicted octanol–water partition coefficient (Wildman–Crippen LogP) is 2.68. The second-order valence-electron chi connectivity index (χ2n) is 2.95. The molecule has 0 radical (unpaired) electrons. The largest absolute Gasteiger partial charge is 0.352 e. The molecule has 0 amide bonds. The molecular weight excluding hydrogens is 206 g/mol. The summed E-state index contributed by atoms with van der Waals surface area (Å²) >= 11 is 5.04. The molecule has 0 saturated heterocycles. The van der Waals surface area contributed by atoms with Gasteiger partial charge in [0.2, 0.25) is 0 Å². The van der Waals surface area contributed by atoms with E-state index in [2.05, 4.69) is 16.0 Å². The van der Waals surface area contributed by atoms with Crippen molar-refractivity contribution in [2.45, 2.75) is 0 Å². The van der Waals surface area contributed by atoms with E-state index in [1.165, 1.54) is 0 Å². The third-order valence-electron chi connectivity index (χ3n) is 2.05. The smallest absolute Gasteiger partial charge is 0.121 e. The number of nitrogens with one attached hydrogen (secondary N) is 1. The van der Waals surface area contributed by atoms with Crippen LogP contribution in [-0.4, -0.2) is 9.97 Å². The topological polar surface area (TPSA) is 52.5 Å². The van der Waals surface area contributed by atoms with E-state index in [4.69, 9.17) is 17.5 Å². The first-order valence-electron chi connectivity index (χ1n) is 4.35. The highest BCUT2D eigenvalue weighted by atomic mass is 32.1. The Labute approximate surface area is 92.0 Å². The zero-order valence-corrected chi connectivity index (χ0v) is 8.58.